The number of benzene rings is 1. The van der Waals surface area contributed by atoms with Crippen molar-refractivity contribution in [3.63, 3.8) is 0 Å². The number of alkyl halides is 3. The fraction of sp³-hybridized carbons (Fsp3) is 0.636. The SMILES string of the molecule is CC(C)(C)OC(=O)NCC1(NC(=O)C2CC2c2ccccc2C(F)(F)F)CCCC1. The predicted octanol–water partition coefficient (Wildman–Crippen LogP) is 4.76. The normalized spacial score (nSPS) is 23.0. The number of hydrogen-bond acceptors (Lipinski definition) is 3. The van der Waals surface area contributed by atoms with Gasteiger partial charge in [0.05, 0.1) is 11.1 Å². The number of nitrogens with one attached hydrogen (secondary N) is 2. The molecule has 1 aromatic rings. The molecule has 5 nitrogen and oxygen atoms in total. The van der Waals surface area contributed by atoms with Gasteiger partial charge in [0, 0.05) is 12.5 Å². The summed E-state index contributed by atoms with van der Waals surface area (Å²) < 4.78 is 45.1. The molecule has 0 radical (unpaired) electrons. The van der Waals surface area contributed by atoms with Crippen molar-refractivity contribution < 1.29 is 27.5 Å². The maximum atomic E-state index is 13.3. The molecule has 1 aromatic carbocycles. The van der Waals surface area contributed by atoms with Crippen LogP contribution in [0.4, 0.5) is 18.0 Å². The van der Waals surface area contributed by atoms with Crippen molar-refractivity contribution >= 4 is 12.0 Å². The molecule has 8 heteroatoms. The van der Waals surface area contributed by atoms with Crippen molar-refractivity contribution in [2.45, 2.75) is 76.1 Å². The van der Waals surface area contributed by atoms with Crippen molar-refractivity contribution in [2.24, 2.45) is 5.92 Å². The zero-order chi connectivity index (χ0) is 22.2. The second-order valence-electron chi connectivity index (χ2n) is 9.37. The molecule has 166 valence electrons. The van der Waals surface area contributed by atoms with Gasteiger partial charge in [-0.15, -0.1) is 0 Å². The first-order chi connectivity index (χ1) is 13.9. The molecule has 2 atom stereocenters. The van der Waals surface area contributed by atoms with Crippen LogP contribution >= 0.6 is 0 Å². The minimum atomic E-state index is -4.44. The van der Waals surface area contributed by atoms with Gasteiger partial charge < -0.3 is 15.4 Å². The second-order valence-corrected chi connectivity index (χ2v) is 9.37. The van der Waals surface area contributed by atoms with E-state index in [1.54, 1.807) is 26.8 Å². The molecule has 2 aliphatic carbocycles. The Hall–Kier alpha value is -2.25. The molecule has 0 spiro atoms. The Morgan fingerprint density at radius 1 is 1.13 bits per heavy atom. The predicted molar refractivity (Wildman–Crippen MR) is 106 cm³/mol. The van der Waals surface area contributed by atoms with E-state index in [0.29, 0.717) is 19.3 Å². The van der Waals surface area contributed by atoms with Crippen LogP contribution in [0.2, 0.25) is 0 Å². The average molecular weight is 426 g/mol. The Balaban J connectivity index is 1.63. The van der Waals surface area contributed by atoms with Gasteiger partial charge in [-0.3, -0.25) is 4.79 Å². The van der Waals surface area contributed by atoms with Crippen LogP contribution in [0.1, 0.15) is 69.9 Å². The number of hydrogen-bond donors (Lipinski definition) is 2. The fourth-order valence-electron chi connectivity index (χ4n) is 4.21. The first-order valence-electron chi connectivity index (χ1n) is 10.4. The maximum Gasteiger partial charge on any atom is 0.416 e. The summed E-state index contributed by atoms with van der Waals surface area (Å²) in [6, 6.07) is 5.45. The molecule has 2 amide bonds. The summed E-state index contributed by atoms with van der Waals surface area (Å²) >= 11 is 0. The highest BCUT2D eigenvalue weighted by atomic mass is 19.4. The van der Waals surface area contributed by atoms with Crippen LogP contribution in [-0.4, -0.2) is 29.7 Å². The van der Waals surface area contributed by atoms with Crippen LogP contribution in [0.15, 0.2) is 24.3 Å². The van der Waals surface area contributed by atoms with E-state index in [4.69, 9.17) is 4.74 Å². The summed E-state index contributed by atoms with van der Waals surface area (Å²) in [5, 5.41) is 5.77. The highest BCUT2D eigenvalue weighted by Gasteiger charge is 2.49. The molecule has 2 saturated carbocycles. The second kappa shape index (κ2) is 8.12. The van der Waals surface area contributed by atoms with Crippen LogP contribution in [0.5, 0.6) is 0 Å². The van der Waals surface area contributed by atoms with Gasteiger partial charge >= 0.3 is 12.3 Å². The first-order valence-corrected chi connectivity index (χ1v) is 10.4. The summed E-state index contributed by atoms with van der Waals surface area (Å²) in [6.07, 6.45) is -1.33. The van der Waals surface area contributed by atoms with Gasteiger partial charge in [0.25, 0.3) is 0 Å². The van der Waals surface area contributed by atoms with Crippen LogP contribution in [0.3, 0.4) is 0 Å². The molecule has 0 bridgehead atoms. The largest absolute Gasteiger partial charge is 0.444 e. The summed E-state index contributed by atoms with van der Waals surface area (Å²) in [7, 11) is 0. The van der Waals surface area contributed by atoms with Crippen molar-refractivity contribution in [3.8, 4) is 0 Å². The summed E-state index contributed by atoms with van der Waals surface area (Å²) in [5.41, 5.74) is -1.70. The summed E-state index contributed by atoms with van der Waals surface area (Å²) in [5.74, 6) is -1.16. The van der Waals surface area contributed by atoms with Gasteiger partial charge in [-0.05, 0) is 57.6 Å². The lowest BCUT2D eigenvalue weighted by molar-refractivity contribution is -0.138. The number of alkyl carbamates (subject to hydrolysis) is 1. The van der Waals surface area contributed by atoms with Crippen LogP contribution in [0.25, 0.3) is 0 Å². The smallest absolute Gasteiger partial charge is 0.416 e. The molecule has 2 unspecified atom stereocenters. The van der Waals surface area contributed by atoms with Gasteiger partial charge in [-0.2, -0.15) is 13.2 Å². The molecular weight excluding hydrogens is 397 g/mol. The highest BCUT2D eigenvalue weighted by molar-refractivity contribution is 5.84. The van der Waals surface area contributed by atoms with E-state index in [9.17, 15) is 22.8 Å². The van der Waals surface area contributed by atoms with Crippen LogP contribution < -0.4 is 10.6 Å². The van der Waals surface area contributed by atoms with Crippen LogP contribution in [0, 0.1) is 5.92 Å². The standard InChI is InChI=1S/C22H29F3N2O3/c1-20(2,3)30-19(29)26-13-21(10-6-7-11-21)27-18(28)16-12-15(16)14-8-4-5-9-17(14)22(23,24)25/h4-5,8-9,15-16H,6-7,10-13H2,1-3H3,(H,26,29)(H,27,28). The lowest BCUT2D eigenvalue weighted by atomic mass is 9.96. The summed E-state index contributed by atoms with van der Waals surface area (Å²) in [4.78, 5) is 24.9. The fourth-order valence-corrected chi connectivity index (χ4v) is 4.21. The lowest BCUT2D eigenvalue weighted by Crippen LogP contribution is -2.54. The Kier molecular flexibility index (Phi) is 6.07. The lowest BCUT2D eigenvalue weighted by Gasteiger charge is -2.31. The third-order valence-electron chi connectivity index (χ3n) is 5.71. The molecule has 2 fully saturated rings. The number of rotatable bonds is 5. The maximum absolute atomic E-state index is 13.3. The van der Waals surface area contributed by atoms with Crippen molar-refractivity contribution in [1.29, 1.82) is 0 Å². The molecular formula is C22H29F3N2O3. The molecule has 3 rings (SSSR count). The van der Waals surface area contributed by atoms with E-state index < -0.39 is 40.8 Å². The topological polar surface area (TPSA) is 67.4 Å². The van der Waals surface area contributed by atoms with Crippen molar-refractivity contribution in [3.05, 3.63) is 35.4 Å². The van der Waals surface area contributed by atoms with E-state index in [0.717, 1.165) is 18.9 Å². The first kappa shape index (κ1) is 22.4. The Morgan fingerprint density at radius 2 is 1.77 bits per heavy atom. The molecule has 0 aromatic heterocycles. The number of carbonyl (C=O) groups excluding carboxylic acids is 2. The van der Waals surface area contributed by atoms with E-state index in [1.807, 2.05) is 0 Å². The van der Waals surface area contributed by atoms with Gasteiger partial charge in [-0.1, -0.05) is 31.0 Å². The monoisotopic (exact) mass is 426 g/mol. The van der Waals surface area contributed by atoms with E-state index in [1.165, 1.54) is 12.1 Å². The highest BCUT2D eigenvalue weighted by Crippen LogP contribution is 2.51. The van der Waals surface area contributed by atoms with Gasteiger partial charge in [0.1, 0.15) is 5.60 Å². The number of carbonyl (C=O) groups is 2. The van der Waals surface area contributed by atoms with E-state index in [2.05, 4.69) is 10.6 Å². The minimum Gasteiger partial charge on any atom is -0.444 e. The van der Waals surface area contributed by atoms with Crippen LogP contribution in [-0.2, 0) is 15.7 Å². The Bertz CT molecular complexity index is 796. The Morgan fingerprint density at radius 3 is 2.37 bits per heavy atom. The zero-order valence-corrected chi connectivity index (χ0v) is 17.6. The molecule has 30 heavy (non-hydrogen) atoms. The number of amides is 2. The zero-order valence-electron chi connectivity index (χ0n) is 17.6. The van der Waals surface area contributed by atoms with Gasteiger partial charge in [0.2, 0.25) is 5.91 Å². The van der Waals surface area contributed by atoms with Crippen molar-refractivity contribution in [1.82, 2.24) is 10.6 Å². The Labute approximate surface area is 174 Å². The molecule has 2 aliphatic rings. The number of ether oxygens (including phenoxy) is 1. The van der Waals surface area contributed by atoms with Crippen molar-refractivity contribution in [2.75, 3.05) is 6.54 Å². The summed E-state index contributed by atoms with van der Waals surface area (Å²) in [6.45, 7) is 5.55. The molecule has 0 aliphatic heterocycles. The third kappa shape index (κ3) is 5.46. The van der Waals surface area contributed by atoms with E-state index in [-0.39, 0.29) is 18.0 Å². The van der Waals surface area contributed by atoms with Gasteiger partial charge in [0.15, 0.2) is 0 Å². The van der Waals surface area contributed by atoms with Gasteiger partial charge in [-0.25, -0.2) is 4.79 Å². The minimum absolute atomic E-state index is 0.178. The quantitative estimate of drug-likeness (QED) is 0.713. The number of halogens is 3. The average Bonchev–Trinajstić information content (AvgIpc) is 3.31. The molecule has 0 heterocycles. The third-order valence-corrected chi connectivity index (χ3v) is 5.71. The van der Waals surface area contributed by atoms with E-state index >= 15 is 0 Å². The molecule has 2 N–H and O–H groups in total. The molecule has 0 saturated heterocycles.